The van der Waals surface area contributed by atoms with Crippen molar-refractivity contribution in [3.63, 3.8) is 0 Å². The van der Waals surface area contributed by atoms with Crippen LogP contribution >= 0.6 is 0 Å². The van der Waals surface area contributed by atoms with Gasteiger partial charge in [0.1, 0.15) is 6.10 Å². The normalized spacial score (nSPS) is 20.7. The molecular formula is C19H22O4. The standard InChI is InChI=1S/C19H22O4/c1-3-7-16(8-4-1)11-20-13-18-14-22-19(23-18)15-21-12-17-9-5-2-6-10-17/h1-10,18-19H,11-15H2/t18-,19?/m0/s1. The van der Waals surface area contributed by atoms with E-state index in [1.54, 1.807) is 0 Å². The Morgan fingerprint density at radius 2 is 1.35 bits per heavy atom. The maximum Gasteiger partial charge on any atom is 0.181 e. The molecule has 4 nitrogen and oxygen atoms in total. The van der Waals surface area contributed by atoms with Gasteiger partial charge in [-0.15, -0.1) is 0 Å². The molecule has 0 amide bonds. The molecule has 2 aromatic rings. The molecule has 0 N–H and O–H groups in total. The number of rotatable bonds is 8. The summed E-state index contributed by atoms with van der Waals surface area (Å²) in [6, 6.07) is 20.2. The first-order chi connectivity index (χ1) is 11.4. The van der Waals surface area contributed by atoms with Gasteiger partial charge in [-0.2, -0.15) is 0 Å². The lowest BCUT2D eigenvalue weighted by Gasteiger charge is -2.12. The van der Waals surface area contributed by atoms with Gasteiger partial charge < -0.3 is 18.9 Å². The van der Waals surface area contributed by atoms with E-state index >= 15 is 0 Å². The Morgan fingerprint density at radius 3 is 1.96 bits per heavy atom. The Hall–Kier alpha value is -1.72. The molecule has 0 bridgehead atoms. The van der Waals surface area contributed by atoms with Crippen LogP contribution in [0.3, 0.4) is 0 Å². The predicted octanol–water partition coefficient (Wildman–Crippen LogP) is 3.16. The molecule has 3 rings (SSSR count). The summed E-state index contributed by atoms with van der Waals surface area (Å²) in [5.74, 6) is 0. The van der Waals surface area contributed by atoms with Gasteiger partial charge in [-0.1, -0.05) is 60.7 Å². The first-order valence-corrected chi connectivity index (χ1v) is 7.90. The summed E-state index contributed by atoms with van der Waals surface area (Å²) >= 11 is 0. The first-order valence-electron chi connectivity index (χ1n) is 7.90. The molecule has 1 heterocycles. The van der Waals surface area contributed by atoms with E-state index < -0.39 is 0 Å². The molecule has 0 radical (unpaired) electrons. The third-order valence-electron chi connectivity index (χ3n) is 3.59. The highest BCUT2D eigenvalue weighted by Crippen LogP contribution is 2.14. The highest BCUT2D eigenvalue weighted by atomic mass is 16.7. The van der Waals surface area contributed by atoms with E-state index in [4.69, 9.17) is 18.9 Å². The van der Waals surface area contributed by atoms with Gasteiger partial charge in [0.05, 0.1) is 33.0 Å². The maximum absolute atomic E-state index is 5.77. The molecule has 2 atom stereocenters. The van der Waals surface area contributed by atoms with E-state index in [1.807, 2.05) is 60.7 Å². The fourth-order valence-corrected chi connectivity index (χ4v) is 2.41. The minimum Gasteiger partial charge on any atom is -0.374 e. The maximum atomic E-state index is 5.77. The highest BCUT2D eigenvalue weighted by molar-refractivity contribution is 5.14. The van der Waals surface area contributed by atoms with Gasteiger partial charge >= 0.3 is 0 Å². The van der Waals surface area contributed by atoms with Gasteiger partial charge in [-0.05, 0) is 11.1 Å². The fraction of sp³-hybridized carbons (Fsp3) is 0.368. The van der Waals surface area contributed by atoms with Gasteiger partial charge in [-0.25, -0.2) is 0 Å². The van der Waals surface area contributed by atoms with Gasteiger partial charge in [0.25, 0.3) is 0 Å². The Bertz CT molecular complexity index is 507. The van der Waals surface area contributed by atoms with Gasteiger partial charge in [-0.3, -0.25) is 0 Å². The van der Waals surface area contributed by atoms with Crippen molar-refractivity contribution in [1.82, 2.24) is 0 Å². The van der Waals surface area contributed by atoms with Gasteiger partial charge in [0.15, 0.2) is 6.29 Å². The van der Waals surface area contributed by atoms with Crippen LogP contribution in [0.2, 0.25) is 0 Å². The van der Waals surface area contributed by atoms with E-state index in [9.17, 15) is 0 Å². The van der Waals surface area contributed by atoms with Gasteiger partial charge in [0, 0.05) is 0 Å². The third kappa shape index (κ3) is 5.44. The quantitative estimate of drug-likeness (QED) is 0.750. The van der Waals surface area contributed by atoms with Crippen molar-refractivity contribution in [2.24, 2.45) is 0 Å². The zero-order chi connectivity index (χ0) is 15.7. The zero-order valence-electron chi connectivity index (χ0n) is 13.1. The van der Waals surface area contributed by atoms with Crippen LogP contribution < -0.4 is 0 Å². The second-order valence-corrected chi connectivity index (χ2v) is 5.52. The third-order valence-corrected chi connectivity index (χ3v) is 3.59. The lowest BCUT2D eigenvalue weighted by Crippen LogP contribution is -2.21. The molecule has 1 fully saturated rings. The largest absolute Gasteiger partial charge is 0.374 e. The molecule has 2 aromatic carbocycles. The molecule has 23 heavy (non-hydrogen) atoms. The molecule has 4 heteroatoms. The van der Waals surface area contributed by atoms with Crippen LogP contribution in [0, 0.1) is 0 Å². The summed E-state index contributed by atoms with van der Waals surface area (Å²) in [5.41, 5.74) is 2.31. The van der Waals surface area contributed by atoms with Crippen molar-refractivity contribution in [2.45, 2.75) is 25.6 Å². The van der Waals surface area contributed by atoms with Crippen molar-refractivity contribution in [2.75, 3.05) is 19.8 Å². The molecule has 1 saturated heterocycles. The van der Waals surface area contributed by atoms with Crippen LogP contribution in [-0.2, 0) is 32.2 Å². The predicted molar refractivity (Wildman–Crippen MR) is 86.8 cm³/mol. The summed E-state index contributed by atoms with van der Waals surface area (Å²) in [6.07, 6.45) is -0.326. The van der Waals surface area contributed by atoms with Crippen molar-refractivity contribution >= 4 is 0 Å². The van der Waals surface area contributed by atoms with Crippen molar-refractivity contribution in [3.05, 3.63) is 71.8 Å². The first kappa shape index (κ1) is 16.1. The molecule has 0 aliphatic carbocycles. The Morgan fingerprint density at radius 1 is 0.783 bits per heavy atom. The Balaban J connectivity index is 1.29. The summed E-state index contributed by atoms with van der Waals surface area (Å²) in [4.78, 5) is 0. The van der Waals surface area contributed by atoms with Crippen LogP contribution in [0.25, 0.3) is 0 Å². The van der Waals surface area contributed by atoms with E-state index in [0.717, 1.165) is 11.1 Å². The molecule has 0 aromatic heterocycles. The van der Waals surface area contributed by atoms with E-state index in [0.29, 0.717) is 33.0 Å². The average Bonchev–Trinajstić information content (AvgIpc) is 3.05. The molecule has 122 valence electrons. The fourth-order valence-electron chi connectivity index (χ4n) is 2.41. The van der Waals surface area contributed by atoms with E-state index in [2.05, 4.69) is 0 Å². The number of hydrogen-bond donors (Lipinski definition) is 0. The van der Waals surface area contributed by atoms with E-state index in [-0.39, 0.29) is 12.4 Å². The van der Waals surface area contributed by atoms with Gasteiger partial charge in [0.2, 0.25) is 0 Å². The monoisotopic (exact) mass is 314 g/mol. The zero-order valence-corrected chi connectivity index (χ0v) is 13.1. The molecule has 1 aliphatic rings. The Kier molecular flexibility index (Phi) is 6.17. The summed E-state index contributed by atoms with van der Waals surface area (Å²) < 4.78 is 22.7. The highest BCUT2D eigenvalue weighted by Gasteiger charge is 2.26. The van der Waals surface area contributed by atoms with Crippen LogP contribution in [0.15, 0.2) is 60.7 Å². The molecular weight excluding hydrogens is 292 g/mol. The van der Waals surface area contributed by atoms with Crippen molar-refractivity contribution in [1.29, 1.82) is 0 Å². The summed E-state index contributed by atoms with van der Waals surface area (Å²) in [7, 11) is 0. The number of benzene rings is 2. The Labute approximate surface area is 136 Å². The SMILES string of the molecule is c1ccc(COCC2OC[C@H](COCc3ccccc3)O2)cc1. The van der Waals surface area contributed by atoms with Crippen LogP contribution in [-0.4, -0.2) is 32.2 Å². The minimum absolute atomic E-state index is 0.0240. The molecule has 1 aliphatic heterocycles. The lowest BCUT2D eigenvalue weighted by molar-refractivity contribution is -0.116. The number of ether oxygens (including phenoxy) is 4. The van der Waals surface area contributed by atoms with Crippen LogP contribution in [0.4, 0.5) is 0 Å². The lowest BCUT2D eigenvalue weighted by atomic mass is 10.2. The van der Waals surface area contributed by atoms with Crippen LogP contribution in [0.5, 0.6) is 0 Å². The minimum atomic E-state index is -0.302. The van der Waals surface area contributed by atoms with Crippen molar-refractivity contribution in [3.8, 4) is 0 Å². The number of hydrogen-bond acceptors (Lipinski definition) is 4. The average molecular weight is 314 g/mol. The van der Waals surface area contributed by atoms with E-state index in [1.165, 1.54) is 0 Å². The summed E-state index contributed by atoms with van der Waals surface area (Å²) in [5, 5.41) is 0. The smallest absolute Gasteiger partial charge is 0.181 e. The second kappa shape index (κ2) is 8.79. The molecule has 1 unspecified atom stereocenters. The van der Waals surface area contributed by atoms with Crippen molar-refractivity contribution < 1.29 is 18.9 Å². The van der Waals surface area contributed by atoms with Crippen LogP contribution in [0.1, 0.15) is 11.1 Å². The molecule has 0 saturated carbocycles. The second-order valence-electron chi connectivity index (χ2n) is 5.52. The summed E-state index contributed by atoms with van der Waals surface area (Å²) in [6.45, 7) is 2.68. The molecule has 0 spiro atoms. The topological polar surface area (TPSA) is 36.9 Å².